The smallest absolute Gasteiger partial charge is 0.813 e. The summed E-state index contributed by atoms with van der Waals surface area (Å²) >= 11 is 0. The normalized spacial score (nSPS) is 10.8. The summed E-state index contributed by atoms with van der Waals surface area (Å²) in [6.45, 7) is 0. The molecule has 0 amide bonds. The molecule has 0 rings (SSSR count). The largest absolute Gasteiger partial charge is 3.00 e. The Hall–Kier alpha value is 0.365. The molecule has 0 heterocycles. The summed E-state index contributed by atoms with van der Waals surface area (Å²) < 4.78 is 17.1. The Morgan fingerprint density at radius 2 is 1.11 bits per heavy atom. The number of hydrogen-bond acceptors (Lipinski definition) is 5. The first-order valence-corrected chi connectivity index (χ1v) is 3.73. The summed E-state index contributed by atoms with van der Waals surface area (Å²) in [5, 5.41) is 0. The van der Waals surface area contributed by atoms with E-state index in [0.29, 0.717) is 0 Å². The predicted octanol–water partition coefficient (Wildman–Crippen LogP) is -3.56. The van der Waals surface area contributed by atoms with E-state index in [1.165, 1.54) is 0 Å². The SMILES string of the molecule is O=[PH]([O-])O.O=[PH]([O-])[O-].[B+3]. The Bertz CT molecular complexity index is 69.1. The Kier molecular flexibility index (Phi) is 20.1. The summed E-state index contributed by atoms with van der Waals surface area (Å²) in [5.74, 6) is 0. The fourth-order valence-electron chi connectivity index (χ4n) is 0. The fourth-order valence-corrected chi connectivity index (χ4v) is 0. The van der Waals surface area contributed by atoms with Gasteiger partial charge in [0, 0.05) is 0 Å². The van der Waals surface area contributed by atoms with E-state index < -0.39 is 16.5 Å². The van der Waals surface area contributed by atoms with E-state index in [2.05, 4.69) is 0 Å². The third kappa shape index (κ3) is 2540. The molecule has 0 aromatic carbocycles. The molecule has 0 saturated carbocycles. The molecule has 0 radical (unpaired) electrons. The molecule has 0 aliphatic rings. The topological polar surface area (TPSA) is 124 Å². The van der Waals surface area contributed by atoms with Gasteiger partial charge in [0.2, 0.25) is 0 Å². The zero-order chi connectivity index (χ0) is 7.15. The van der Waals surface area contributed by atoms with Crippen LogP contribution < -0.4 is 14.7 Å². The van der Waals surface area contributed by atoms with Crippen molar-refractivity contribution in [2.75, 3.05) is 0 Å². The van der Waals surface area contributed by atoms with Crippen molar-refractivity contribution in [1.82, 2.24) is 0 Å². The van der Waals surface area contributed by atoms with Gasteiger partial charge in [-0.25, -0.2) is 0 Å². The second-order valence-electron chi connectivity index (χ2n) is 0.516. The van der Waals surface area contributed by atoms with E-state index in [9.17, 15) is 0 Å². The molecule has 52 valence electrons. The molecule has 0 saturated heterocycles. The third-order valence-electron chi connectivity index (χ3n) is 0. The maximum atomic E-state index is 8.63. The van der Waals surface area contributed by atoms with E-state index in [4.69, 9.17) is 28.7 Å². The molecule has 0 aliphatic carbocycles. The van der Waals surface area contributed by atoms with Crippen LogP contribution in [0, 0.1) is 0 Å². The second-order valence-corrected chi connectivity index (χ2v) is 1.55. The molecule has 0 fully saturated rings. The second kappa shape index (κ2) is 11.2. The molecule has 0 bridgehead atoms. The molecule has 9 heteroatoms. The first-order chi connectivity index (χ1) is 3.46. The summed E-state index contributed by atoms with van der Waals surface area (Å²) in [6.07, 6.45) is 0. The van der Waals surface area contributed by atoms with Crippen LogP contribution in [0.25, 0.3) is 0 Å². The summed E-state index contributed by atoms with van der Waals surface area (Å²) in [7, 11) is -7.01. The van der Waals surface area contributed by atoms with E-state index in [1.807, 2.05) is 0 Å². The molecule has 0 spiro atoms. The van der Waals surface area contributed by atoms with Crippen molar-refractivity contribution >= 4 is 24.9 Å². The van der Waals surface area contributed by atoms with Crippen LogP contribution in [-0.2, 0) is 9.13 Å². The van der Waals surface area contributed by atoms with Crippen LogP contribution >= 0.6 is 16.5 Å². The van der Waals surface area contributed by atoms with Crippen LogP contribution in [0.2, 0.25) is 0 Å². The maximum absolute atomic E-state index is 8.63. The van der Waals surface area contributed by atoms with Crippen molar-refractivity contribution < 1.29 is 28.7 Å². The van der Waals surface area contributed by atoms with Gasteiger partial charge in [-0.3, -0.25) is 0 Å². The number of hydrogen-bond donors (Lipinski definition) is 1. The first kappa shape index (κ1) is 16.2. The van der Waals surface area contributed by atoms with Crippen LogP contribution in [0.15, 0.2) is 0 Å². The first-order valence-electron chi connectivity index (χ1n) is 1.24. The van der Waals surface area contributed by atoms with Crippen molar-refractivity contribution in [2.24, 2.45) is 0 Å². The van der Waals surface area contributed by atoms with Gasteiger partial charge in [-0.05, 0) is 0 Å². The molecule has 0 aliphatic heterocycles. The molecule has 1 N–H and O–H groups in total. The van der Waals surface area contributed by atoms with Gasteiger partial charge in [0.1, 0.15) is 8.25 Å². The van der Waals surface area contributed by atoms with Crippen LogP contribution in [0.1, 0.15) is 0 Å². The summed E-state index contributed by atoms with van der Waals surface area (Å²) in [6, 6.07) is 0. The summed E-state index contributed by atoms with van der Waals surface area (Å²) in [5.41, 5.74) is 0. The molecule has 9 heavy (non-hydrogen) atoms. The zero-order valence-corrected chi connectivity index (χ0v) is 6.07. The average Bonchev–Trinajstić information content (AvgIpc) is 1.25. The van der Waals surface area contributed by atoms with Gasteiger partial charge < -0.3 is 28.7 Å². The van der Waals surface area contributed by atoms with Gasteiger partial charge in [0.15, 0.2) is 0 Å². The van der Waals surface area contributed by atoms with Crippen molar-refractivity contribution in [3.05, 3.63) is 0 Å². The van der Waals surface area contributed by atoms with Crippen LogP contribution in [0.5, 0.6) is 0 Å². The molecule has 0 aromatic rings. The van der Waals surface area contributed by atoms with Gasteiger partial charge in [0.25, 0.3) is 0 Å². The minimum atomic E-state index is -3.63. The zero-order valence-electron chi connectivity index (χ0n) is 4.07. The van der Waals surface area contributed by atoms with Crippen molar-refractivity contribution in [3.8, 4) is 0 Å². The molecule has 1 unspecified atom stereocenters. The van der Waals surface area contributed by atoms with Crippen LogP contribution in [0.4, 0.5) is 0 Å². The minimum absolute atomic E-state index is 0. The predicted molar refractivity (Wildman–Crippen MR) is 26.0 cm³/mol. The molecular weight excluding hydrogens is 169 g/mol. The standard InChI is InChI=1S/B.2H3O3P/c;2*1-4(2)3/h;2*4H,(H2,1,2,3)/q+3;;/p-3. The van der Waals surface area contributed by atoms with Gasteiger partial charge in [-0.2, -0.15) is 0 Å². The molecule has 1 atom stereocenters. The van der Waals surface area contributed by atoms with E-state index in [-0.39, 0.29) is 8.41 Å². The molecule has 0 aromatic heterocycles. The summed E-state index contributed by atoms with van der Waals surface area (Å²) in [4.78, 5) is 32.7. The van der Waals surface area contributed by atoms with Crippen molar-refractivity contribution in [2.45, 2.75) is 0 Å². The van der Waals surface area contributed by atoms with Crippen molar-refractivity contribution in [3.63, 3.8) is 0 Å². The van der Waals surface area contributed by atoms with Gasteiger partial charge in [0.05, 0.1) is 0 Å². The van der Waals surface area contributed by atoms with Gasteiger partial charge >= 0.3 is 8.41 Å². The molecule has 6 nitrogen and oxygen atoms in total. The van der Waals surface area contributed by atoms with Crippen LogP contribution in [-0.4, -0.2) is 13.3 Å². The van der Waals surface area contributed by atoms with E-state index >= 15 is 0 Å². The Labute approximate surface area is 54.6 Å². The van der Waals surface area contributed by atoms with Crippen molar-refractivity contribution in [1.29, 1.82) is 0 Å². The molecular formula is H3BO6P2. The monoisotopic (exact) mass is 172 g/mol. The fraction of sp³-hybridized carbons (Fsp3) is 0. The van der Waals surface area contributed by atoms with Crippen LogP contribution in [0.3, 0.4) is 0 Å². The average molecular weight is 172 g/mol. The Morgan fingerprint density at radius 3 is 1.11 bits per heavy atom. The third-order valence-corrected chi connectivity index (χ3v) is 0. The number of rotatable bonds is 0. The maximum Gasteiger partial charge on any atom is 3.00 e. The Morgan fingerprint density at radius 1 is 1.11 bits per heavy atom. The Balaban J connectivity index is -0.0000000720. The van der Waals surface area contributed by atoms with Gasteiger partial charge in [-0.1, -0.05) is 8.25 Å². The van der Waals surface area contributed by atoms with Gasteiger partial charge in [-0.15, -0.1) is 0 Å². The quantitative estimate of drug-likeness (QED) is 0.297. The minimum Gasteiger partial charge on any atom is -0.813 e. The van der Waals surface area contributed by atoms with E-state index in [0.717, 1.165) is 0 Å². The van der Waals surface area contributed by atoms with E-state index in [1.54, 1.807) is 0 Å².